The minimum absolute atomic E-state index is 0.178. The zero-order chi connectivity index (χ0) is 12.5. The highest BCUT2D eigenvalue weighted by Gasteiger charge is 2.32. The molecule has 4 heteroatoms. The van der Waals surface area contributed by atoms with Gasteiger partial charge in [-0.05, 0) is 26.8 Å². The van der Waals surface area contributed by atoms with Gasteiger partial charge in [-0.2, -0.15) is 0 Å². The van der Waals surface area contributed by atoms with Crippen LogP contribution in [0.1, 0.15) is 36.5 Å². The molecule has 0 amide bonds. The highest BCUT2D eigenvalue weighted by atomic mass is 16.5. The molecule has 2 N–H and O–H groups in total. The van der Waals surface area contributed by atoms with Crippen LogP contribution in [0.5, 0.6) is 0 Å². The van der Waals surface area contributed by atoms with Crippen molar-refractivity contribution in [2.24, 2.45) is 0 Å². The van der Waals surface area contributed by atoms with E-state index in [1.54, 1.807) is 0 Å². The first-order valence-corrected chi connectivity index (χ1v) is 6.11. The van der Waals surface area contributed by atoms with Gasteiger partial charge in [0.15, 0.2) is 0 Å². The quantitative estimate of drug-likeness (QED) is 0.839. The lowest BCUT2D eigenvalue weighted by Crippen LogP contribution is -2.41. The number of nitrogens with one attached hydrogen (secondary N) is 1. The van der Waals surface area contributed by atoms with Gasteiger partial charge in [0, 0.05) is 31.2 Å². The molecule has 0 saturated carbocycles. The molecule has 2 rings (SSSR count). The van der Waals surface area contributed by atoms with Crippen molar-refractivity contribution in [3.05, 3.63) is 23.2 Å². The molecular weight excluding hydrogens is 218 g/mol. The number of furan rings is 1. The predicted octanol–water partition coefficient (Wildman–Crippen LogP) is 1.70. The van der Waals surface area contributed by atoms with Gasteiger partial charge in [-0.25, -0.2) is 0 Å². The standard InChI is InChI=1S/C13H21NO3/c1-9-6-12(11(3)17-9)10(2)14-7-13(15)4-5-16-8-13/h6,10,14-15H,4-5,7-8H2,1-3H3. The lowest BCUT2D eigenvalue weighted by atomic mass is 10.0. The maximum absolute atomic E-state index is 10.2. The van der Waals surface area contributed by atoms with Gasteiger partial charge in [-0.1, -0.05) is 0 Å². The normalized spacial score (nSPS) is 26.4. The van der Waals surface area contributed by atoms with E-state index in [1.807, 2.05) is 19.9 Å². The largest absolute Gasteiger partial charge is 0.466 e. The van der Waals surface area contributed by atoms with Crippen LogP contribution in [0.3, 0.4) is 0 Å². The van der Waals surface area contributed by atoms with E-state index in [-0.39, 0.29) is 6.04 Å². The van der Waals surface area contributed by atoms with Crippen LogP contribution < -0.4 is 5.32 Å². The molecule has 1 aromatic heterocycles. The molecule has 4 nitrogen and oxygen atoms in total. The van der Waals surface area contributed by atoms with Crippen LogP contribution in [0.15, 0.2) is 10.5 Å². The van der Waals surface area contributed by atoms with Crippen LogP contribution in [0.2, 0.25) is 0 Å². The van der Waals surface area contributed by atoms with E-state index in [1.165, 1.54) is 0 Å². The summed E-state index contributed by atoms with van der Waals surface area (Å²) < 4.78 is 10.7. The molecule has 1 aromatic rings. The van der Waals surface area contributed by atoms with Crippen molar-refractivity contribution in [1.29, 1.82) is 0 Å². The summed E-state index contributed by atoms with van der Waals surface area (Å²) in [7, 11) is 0. The molecular formula is C13H21NO3. The third kappa shape index (κ3) is 2.89. The van der Waals surface area contributed by atoms with Crippen molar-refractivity contribution in [3.8, 4) is 0 Å². The molecule has 1 saturated heterocycles. The fraction of sp³-hybridized carbons (Fsp3) is 0.692. The Kier molecular flexibility index (Phi) is 3.56. The van der Waals surface area contributed by atoms with Gasteiger partial charge in [0.1, 0.15) is 17.1 Å². The third-order valence-electron chi connectivity index (χ3n) is 3.37. The smallest absolute Gasteiger partial charge is 0.105 e. The fourth-order valence-electron chi connectivity index (χ4n) is 2.27. The molecule has 1 aliphatic rings. The van der Waals surface area contributed by atoms with E-state index in [2.05, 4.69) is 12.2 Å². The average molecular weight is 239 g/mol. The summed E-state index contributed by atoms with van der Waals surface area (Å²) in [6, 6.07) is 2.22. The Labute approximate surface area is 102 Å². The Morgan fingerprint density at radius 1 is 1.53 bits per heavy atom. The lowest BCUT2D eigenvalue weighted by Gasteiger charge is -2.23. The summed E-state index contributed by atoms with van der Waals surface area (Å²) >= 11 is 0. The number of hydrogen-bond acceptors (Lipinski definition) is 4. The summed E-state index contributed by atoms with van der Waals surface area (Å²) in [5, 5.41) is 13.5. The molecule has 1 fully saturated rings. The molecule has 0 bridgehead atoms. The van der Waals surface area contributed by atoms with E-state index in [0.717, 1.165) is 17.1 Å². The maximum Gasteiger partial charge on any atom is 0.105 e. The first-order valence-electron chi connectivity index (χ1n) is 6.11. The van der Waals surface area contributed by atoms with Gasteiger partial charge in [0.25, 0.3) is 0 Å². The second kappa shape index (κ2) is 4.80. The molecule has 17 heavy (non-hydrogen) atoms. The highest BCUT2D eigenvalue weighted by molar-refractivity contribution is 5.23. The summed E-state index contributed by atoms with van der Waals surface area (Å²) in [5.74, 6) is 1.87. The molecule has 1 aliphatic heterocycles. The molecule has 0 aromatic carbocycles. The zero-order valence-corrected chi connectivity index (χ0v) is 10.7. The van der Waals surface area contributed by atoms with Crippen molar-refractivity contribution in [1.82, 2.24) is 5.32 Å². The number of hydrogen-bond donors (Lipinski definition) is 2. The van der Waals surface area contributed by atoms with Crippen molar-refractivity contribution in [3.63, 3.8) is 0 Å². The van der Waals surface area contributed by atoms with E-state index in [9.17, 15) is 5.11 Å². The van der Waals surface area contributed by atoms with Crippen molar-refractivity contribution < 1.29 is 14.3 Å². The first kappa shape index (κ1) is 12.6. The fourth-order valence-corrected chi connectivity index (χ4v) is 2.27. The Bertz CT molecular complexity index is 380. The molecule has 2 atom stereocenters. The van der Waals surface area contributed by atoms with Crippen LogP contribution in [-0.2, 0) is 4.74 Å². The number of rotatable bonds is 4. The van der Waals surface area contributed by atoms with Crippen molar-refractivity contribution in [2.45, 2.75) is 38.8 Å². The molecule has 0 spiro atoms. The number of ether oxygens (including phenoxy) is 1. The second-order valence-corrected chi connectivity index (χ2v) is 5.00. The third-order valence-corrected chi connectivity index (χ3v) is 3.37. The first-order chi connectivity index (χ1) is 8.00. The highest BCUT2D eigenvalue weighted by Crippen LogP contribution is 2.23. The van der Waals surface area contributed by atoms with Crippen LogP contribution >= 0.6 is 0 Å². The SMILES string of the molecule is Cc1cc(C(C)NCC2(O)CCOC2)c(C)o1. The number of aliphatic hydroxyl groups is 1. The van der Waals surface area contributed by atoms with Crippen LogP contribution in [0.4, 0.5) is 0 Å². The number of aryl methyl sites for hydroxylation is 2. The maximum atomic E-state index is 10.2. The van der Waals surface area contributed by atoms with Gasteiger partial charge in [0.2, 0.25) is 0 Å². The van der Waals surface area contributed by atoms with Crippen molar-refractivity contribution in [2.75, 3.05) is 19.8 Å². The Balaban J connectivity index is 1.93. The van der Waals surface area contributed by atoms with Gasteiger partial charge in [-0.15, -0.1) is 0 Å². The Morgan fingerprint density at radius 3 is 2.82 bits per heavy atom. The topological polar surface area (TPSA) is 54.6 Å². The van der Waals surface area contributed by atoms with Gasteiger partial charge in [0.05, 0.1) is 6.61 Å². The van der Waals surface area contributed by atoms with Crippen LogP contribution in [0.25, 0.3) is 0 Å². The van der Waals surface area contributed by atoms with Gasteiger partial charge >= 0.3 is 0 Å². The molecule has 2 heterocycles. The summed E-state index contributed by atoms with van der Waals surface area (Å²) in [6.07, 6.45) is 0.704. The Hall–Kier alpha value is -0.840. The van der Waals surface area contributed by atoms with E-state index in [0.29, 0.717) is 26.2 Å². The molecule has 0 aliphatic carbocycles. The van der Waals surface area contributed by atoms with Gasteiger partial charge < -0.3 is 19.6 Å². The summed E-state index contributed by atoms with van der Waals surface area (Å²) in [5.41, 5.74) is 0.450. The lowest BCUT2D eigenvalue weighted by molar-refractivity contribution is 0.0251. The van der Waals surface area contributed by atoms with E-state index in [4.69, 9.17) is 9.15 Å². The Morgan fingerprint density at radius 2 is 2.29 bits per heavy atom. The van der Waals surface area contributed by atoms with E-state index < -0.39 is 5.60 Å². The van der Waals surface area contributed by atoms with E-state index >= 15 is 0 Å². The summed E-state index contributed by atoms with van der Waals surface area (Å²) in [6.45, 7) is 7.62. The average Bonchev–Trinajstić information content (AvgIpc) is 2.83. The molecule has 0 radical (unpaired) electrons. The second-order valence-electron chi connectivity index (χ2n) is 5.00. The van der Waals surface area contributed by atoms with Crippen molar-refractivity contribution >= 4 is 0 Å². The minimum atomic E-state index is -0.707. The van der Waals surface area contributed by atoms with Gasteiger partial charge in [-0.3, -0.25) is 0 Å². The monoisotopic (exact) mass is 239 g/mol. The zero-order valence-electron chi connectivity index (χ0n) is 10.7. The molecule has 96 valence electrons. The minimum Gasteiger partial charge on any atom is -0.466 e. The summed E-state index contributed by atoms with van der Waals surface area (Å²) in [4.78, 5) is 0. The molecule has 2 unspecified atom stereocenters. The predicted molar refractivity (Wildman–Crippen MR) is 65.0 cm³/mol. The van der Waals surface area contributed by atoms with Crippen LogP contribution in [0, 0.1) is 13.8 Å². The van der Waals surface area contributed by atoms with Crippen LogP contribution in [-0.4, -0.2) is 30.5 Å².